The van der Waals surface area contributed by atoms with Crippen molar-refractivity contribution in [3.8, 4) is 5.75 Å². The maximum absolute atomic E-state index is 10.1. The van der Waals surface area contributed by atoms with E-state index in [0.717, 1.165) is 16.6 Å². The van der Waals surface area contributed by atoms with Crippen molar-refractivity contribution in [2.45, 2.75) is 12.6 Å². The minimum atomic E-state index is -0.822. The molecule has 0 saturated heterocycles. The van der Waals surface area contributed by atoms with E-state index >= 15 is 0 Å². The van der Waals surface area contributed by atoms with Gasteiger partial charge in [-0.05, 0) is 29.8 Å². The standard InChI is InChI=1S/C14H13N3O2/c18-11-7-5-10(6-8-11)9-14(19)17-15-12-3-1-2-4-13(12)16-17/h1-8,14,18-19H,9H2. The van der Waals surface area contributed by atoms with E-state index in [9.17, 15) is 10.2 Å². The van der Waals surface area contributed by atoms with Gasteiger partial charge in [0.15, 0.2) is 6.23 Å². The predicted octanol–water partition coefficient (Wildman–Crippen LogP) is 1.87. The quantitative estimate of drug-likeness (QED) is 0.749. The fourth-order valence-electron chi connectivity index (χ4n) is 1.93. The first-order valence-corrected chi connectivity index (χ1v) is 6.00. The Morgan fingerprint density at radius 1 is 0.947 bits per heavy atom. The maximum atomic E-state index is 10.1. The summed E-state index contributed by atoms with van der Waals surface area (Å²) in [6.45, 7) is 0. The molecule has 2 N–H and O–H groups in total. The lowest BCUT2D eigenvalue weighted by molar-refractivity contribution is 0.0770. The van der Waals surface area contributed by atoms with Gasteiger partial charge in [-0.3, -0.25) is 0 Å². The second-order valence-corrected chi connectivity index (χ2v) is 4.36. The second-order valence-electron chi connectivity index (χ2n) is 4.36. The zero-order valence-electron chi connectivity index (χ0n) is 10.1. The highest BCUT2D eigenvalue weighted by Crippen LogP contribution is 2.16. The van der Waals surface area contributed by atoms with E-state index in [1.807, 2.05) is 24.3 Å². The Kier molecular flexibility index (Phi) is 2.89. The van der Waals surface area contributed by atoms with Crippen LogP contribution in [0.3, 0.4) is 0 Å². The number of aliphatic hydroxyl groups is 1. The molecular formula is C14H13N3O2. The van der Waals surface area contributed by atoms with Crippen LogP contribution >= 0.6 is 0 Å². The van der Waals surface area contributed by atoms with Gasteiger partial charge in [-0.25, -0.2) is 0 Å². The molecule has 0 aliphatic carbocycles. The van der Waals surface area contributed by atoms with Crippen LogP contribution in [0.15, 0.2) is 48.5 Å². The highest BCUT2D eigenvalue weighted by molar-refractivity contribution is 5.72. The fourth-order valence-corrected chi connectivity index (χ4v) is 1.93. The molecule has 1 aromatic heterocycles. The van der Waals surface area contributed by atoms with Crippen molar-refractivity contribution in [3.05, 3.63) is 54.1 Å². The third kappa shape index (κ3) is 2.41. The molecule has 0 aliphatic heterocycles. The highest BCUT2D eigenvalue weighted by Gasteiger charge is 2.11. The molecule has 2 aromatic carbocycles. The number of aromatic hydroxyl groups is 1. The van der Waals surface area contributed by atoms with Crippen LogP contribution in [0.25, 0.3) is 11.0 Å². The van der Waals surface area contributed by atoms with E-state index < -0.39 is 6.23 Å². The summed E-state index contributed by atoms with van der Waals surface area (Å²) in [5.41, 5.74) is 2.42. The lowest BCUT2D eigenvalue weighted by atomic mass is 10.1. The van der Waals surface area contributed by atoms with E-state index in [-0.39, 0.29) is 5.75 Å². The largest absolute Gasteiger partial charge is 0.508 e. The average Bonchev–Trinajstić information content (AvgIpc) is 2.85. The third-order valence-electron chi connectivity index (χ3n) is 2.92. The molecule has 0 spiro atoms. The van der Waals surface area contributed by atoms with Crippen LogP contribution in [0.4, 0.5) is 0 Å². The molecule has 3 rings (SSSR count). The summed E-state index contributed by atoms with van der Waals surface area (Å²) < 4.78 is 0. The number of fused-ring (bicyclic) bond motifs is 1. The Balaban J connectivity index is 1.83. The highest BCUT2D eigenvalue weighted by atomic mass is 16.3. The van der Waals surface area contributed by atoms with Crippen molar-refractivity contribution in [3.63, 3.8) is 0 Å². The summed E-state index contributed by atoms with van der Waals surface area (Å²) in [6, 6.07) is 14.2. The predicted molar refractivity (Wildman–Crippen MR) is 70.6 cm³/mol. The lowest BCUT2D eigenvalue weighted by Crippen LogP contribution is -2.14. The summed E-state index contributed by atoms with van der Waals surface area (Å²) in [5, 5.41) is 27.8. The molecule has 0 fully saturated rings. The van der Waals surface area contributed by atoms with Crippen LogP contribution in [0.5, 0.6) is 5.75 Å². The smallest absolute Gasteiger partial charge is 0.170 e. The number of benzene rings is 2. The molecule has 5 heteroatoms. The minimum Gasteiger partial charge on any atom is -0.508 e. The Morgan fingerprint density at radius 3 is 2.11 bits per heavy atom. The van der Waals surface area contributed by atoms with Crippen molar-refractivity contribution in [2.24, 2.45) is 0 Å². The molecule has 1 atom stereocenters. The molecule has 0 bridgehead atoms. The van der Waals surface area contributed by atoms with Crippen LogP contribution in [0.2, 0.25) is 0 Å². The topological polar surface area (TPSA) is 71.2 Å². The van der Waals surface area contributed by atoms with Crippen molar-refractivity contribution >= 4 is 11.0 Å². The summed E-state index contributed by atoms with van der Waals surface area (Å²) in [4.78, 5) is 1.32. The van der Waals surface area contributed by atoms with E-state index in [2.05, 4.69) is 10.2 Å². The fraction of sp³-hybridized carbons (Fsp3) is 0.143. The van der Waals surface area contributed by atoms with Crippen molar-refractivity contribution in [2.75, 3.05) is 0 Å². The Labute approximate surface area is 109 Å². The Bertz CT molecular complexity index is 658. The SMILES string of the molecule is Oc1ccc(CC(O)n2nc3ccccc3n2)cc1. The molecule has 3 aromatic rings. The molecule has 0 aliphatic rings. The number of aliphatic hydroxyl groups excluding tert-OH is 1. The van der Waals surface area contributed by atoms with Crippen LogP contribution in [0, 0.1) is 0 Å². The van der Waals surface area contributed by atoms with Gasteiger partial charge in [0.2, 0.25) is 0 Å². The lowest BCUT2D eigenvalue weighted by Gasteiger charge is -2.09. The molecule has 96 valence electrons. The van der Waals surface area contributed by atoms with Crippen LogP contribution in [-0.2, 0) is 6.42 Å². The Hall–Kier alpha value is -2.40. The zero-order valence-corrected chi connectivity index (χ0v) is 10.1. The number of hydrogen-bond acceptors (Lipinski definition) is 4. The zero-order chi connectivity index (χ0) is 13.2. The third-order valence-corrected chi connectivity index (χ3v) is 2.92. The monoisotopic (exact) mass is 255 g/mol. The number of hydrogen-bond donors (Lipinski definition) is 2. The van der Waals surface area contributed by atoms with E-state index in [1.165, 1.54) is 4.80 Å². The summed E-state index contributed by atoms with van der Waals surface area (Å²) >= 11 is 0. The Morgan fingerprint density at radius 2 is 1.53 bits per heavy atom. The van der Waals surface area contributed by atoms with Gasteiger partial charge >= 0.3 is 0 Å². The molecule has 0 amide bonds. The number of nitrogens with zero attached hydrogens (tertiary/aromatic N) is 3. The van der Waals surface area contributed by atoms with Crippen molar-refractivity contribution in [1.82, 2.24) is 15.0 Å². The molecule has 19 heavy (non-hydrogen) atoms. The van der Waals surface area contributed by atoms with Gasteiger partial charge in [-0.15, -0.1) is 0 Å². The van der Waals surface area contributed by atoms with Gasteiger partial charge in [-0.2, -0.15) is 15.0 Å². The van der Waals surface area contributed by atoms with E-state index in [0.29, 0.717) is 6.42 Å². The molecule has 1 unspecified atom stereocenters. The number of rotatable bonds is 3. The normalized spacial score (nSPS) is 12.7. The summed E-state index contributed by atoms with van der Waals surface area (Å²) in [6.07, 6.45) is -0.432. The molecule has 5 nitrogen and oxygen atoms in total. The molecule has 0 radical (unpaired) electrons. The summed E-state index contributed by atoms with van der Waals surface area (Å²) in [7, 11) is 0. The van der Waals surface area contributed by atoms with Gasteiger partial charge in [0.25, 0.3) is 0 Å². The number of aromatic nitrogens is 3. The van der Waals surface area contributed by atoms with Crippen molar-refractivity contribution in [1.29, 1.82) is 0 Å². The molecule has 0 saturated carbocycles. The molecular weight excluding hydrogens is 242 g/mol. The second kappa shape index (κ2) is 4.70. The van der Waals surface area contributed by atoms with E-state index in [4.69, 9.17) is 0 Å². The first-order chi connectivity index (χ1) is 9.22. The molecule has 1 heterocycles. The van der Waals surface area contributed by atoms with Gasteiger partial charge in [-0.1, -0.05) is 24.3 Å². The maximum Gasteiger partial charge on any atom is 0.170 e. The van der Waals surface area contributed by atoms with Crippen LogP contribution < -0.4 is 0 Å². The van der Waals surface area contributed by atoms with Crippen LogP contribution in [0.1, 0.15) is 11.8 Å². The van der Waals surface area contributed by atoms with Gasteiger partial charge in [0.1, 0.15) is 16.8 Å². The van der Waals surface area contributed by atoms with Gasteiger partial charge in [0.05, 0.1) is 0 Å². The first kappa shape index (κ1) is 11.7. The van der Waals surface area contributed by atoms with Gasteiger partial charge in [0, 0.05) is 6.42 Å². The average molecular weight is 255 g/mol. The van der Waals surface area contributed by atoms with E-state index in [1.54, 1.807) is 24.3 Å². The van der Waals surface area contributed by atoms with Crippen molar-refractivity contribution < 1.29 is 10.2 Å². The first-order valence-electron chi connectivity index (χ1n) is 6.00. The van der Waals surface area contributed by atoms with Gasteiger partial charge < -0.3 is 10.2 Å². The summed E-state index contributed by atoms with van der Waals surface area (Å²) in [5.74, 6) is 0.209. The number of phenols is 1. The minimum absolute atomic E-state index is 0.209. The number of phenolic OH excluding ortho intramolecular Hbond substituents is 1. The van der Waals surface area contributed by atoms with Crippen LogP contribution in [-0.4, -0.2) is 25.2 Å².